The molecule has 19 heavy (non-hydrogen) atoms. The van der Waals surface area contributed by atoms with Crippen LogP contribution in [0.25, 0.3) is 0 Å². The number of sulfonamides is 1. The molecule has 0 bridgehead atoms. The molecule has 0 heterocycles. The van der Waals surface area contributed by atoms with Crippen LogP contribution in [0.4, 0.5) is 0 Å². The minimum absolute atomic E-state index is 0.0399. The number of rotatable bonds is 7. The van der Waals surface area contributed by atoms with Crippen LogP contribution in [0.1, 0.15) is 24.8 Å². The van der Waals surface area contributed by atoms with Gasteiger partial charge in [-0.3, -0.25) is 4.79 Å². The molecule has 1 amide bonds. The molecule has 0 aliphatic heterocycles. The lowest BCUT2D eigenvalue weighted by Crippen LogP contribution is -2.22. The molecule has 3 N–H and O–H groups in total. The van der Waals surface area contributed by atoms with Crippen LogP contribution in [-0.4, -0.2) is 19.7 Å². The quantitative estimate of drug-likeness (QED) is 0.578. The van der Waals surface area contributed by atoms with Gasteiger partial charge in [0.2, 0.25) is 15.9 Å². The van der Waals surface area contributed by atoms with E-state index < -0.39 is 10.0 Å². The molecule has 0 aliphatic rings. The molecule has 0 fully saturated rings. The fourth-order valence-electron chi connectivity index (χ4n) is 1.50. The Labute approximate surface area is 121 Å². The lowest BCUT2D eigenvalue weighted by molar-refractivity contribution is -0.121. The number of benzene rings is 1. The molecule has 0 atom stereocenters. The summed E-state index contributed by atoms with van der Waals surface area (Å²) in [5.74, 6) is -0.0399. The molecule has 1 rings (SSSR count). The number of nitrogens with two attached hydrogens (primary N) is 1. The van der Waals surface area contributed by atoms with Gasteiger partial charge in [0.25, 0.3) is 0 Å². The van der Waals surface area contributed by atoms with Crippen molar-refractivity contribution in [1.29, 1.82) is 0 Å². The van der Waals surface area contributed by atoms with Crippen LogP contribution in [0, 0.1) is 0 Å². The van der Waals surface area contributed by atoms with Crippen molar-refractivity contribution < 1.29 is 13.2 Å². The summed E-state index contributed by atoms with van der Waals surface area (Å²) in [6.45, 7) is 0.302. The summed E-state index contributed by atoms with van der Waals surface area (Å²) in [6, 6.07) is 6.24. The fourth-order valence-corrected chi connectivity index (χ4v) is 2.48. The molecule has 0 aromatic heterocycles. The van der Waals surface area contributed by atoms with Crippen molar-refractivity contribution in [3.63, 3.8) is 0 Å². The zero-order valence-corrected chi connectivity index (χ0v) is 12.8. The lowest BCUT2D eigenvalue weighted by atomic mass is 10.2. The van der Waals surface area contributed by atoms with Gasteiger partial charge in [-0.2, -0.15) is 0 Å². The number of primary sulfonamides is 1. The molecule has 0 saturated heterocycles. The number of halogens is 1. The zero-order chi connectivity index (χ0) is 14.3. The normalized spacial score (nSPS) is 11.3. The topological polar surface area (TPSA) is 89.3 Å². The van der Waals surface area contributed by atoms with E-state index in [-0.39, 0.29) is 10.8 Å². The highest BCUT2D eigenvalue weighted by molar-refractivity contribution is 9.09. The van der Waals surface area contributed by atoms with E-state index in [0.717, 1.165) is 18.2 Å². The van der Waals surface area contributed by atoms with E-state index in [1.165, 1.54) is 12.1 Å². The maximum atomic E-state index is 11.5. The Bertz CT molecular complexity index is 532. The van der Waals surface area contributed by atoms with Crippen LogP contribution in [0.2, 0.25) is 0 Å². The van der Waals surface area contributed by atoms with E-state index in [2.05, 4.69) is 21.2 Å². The van der Waals surface area contributed by atoms with Gasteiger partial charge in [0.05, 0.1) is 4.90 Å². The predicted molar refractivity (Wildman–Crippen MR) is 77.3 cm³/mol. The Morgan fingerprint density at radius 3 is 2.68 bits per heavy atom. The average molecular weight is 349 g/mol. The van der Waals surface area contributed by atoms with E-state index >= 15 is 0 Å². The second kappa shape index (κ2) is 7.62. The van der Waals surface area contributed by atoms with Crippen molar-refractivity contribution in [1.82, 2.24) is 5.32 Å². The van der Waals surface area contributed by atoms with Crippen molar-refractivity contribution >= 4 is 31.9 Å². The number of carbonyl (C=O) groups is 1. The maximum Gasteiger partial charge on any atom is 0.238 e. The molecule has 0 unspecified atom stereocenters. The van der Waals surface area contributed by atoms with Crippen molar-refractivity contribution in [2.75, 3.05) is 5.33 Å². The Morgan fingerprint density at radius 2 is 2.05 bits per heavy atom. The Kier molecular flexibility index (Phi) is 6.47. The van der Waals surface area contributed by atoms with E-state index in [1.807, 2.05) is 0 Å². The molecular weight excluding hydrogens is 332 g/mol. The minimum Gasteiger partial charge on any atom is -0.352 e. The van der Waals surface area contributed by atoms with Crippen LogP contribution >= 0.6 is 15.9 Å². The molecule has 106 valence electrons. The SMILES string of the molecule is NS(=O)(=O)c1cccc(CNC(=O)CCCCBr)c1. The molecule has 0 saturated carbocycles. The average Bonchev–Trinajstić information content (AvgIpc) is 2.36. The fraction of sp³-hybridized carbons (Fsp3) is 0.417. The molecule has 7 heteroatoms. The van der Waals surface area contributed by atoms with Crippen LogP contribution in [0.5, 0.6) is 0 Å². The van der Waals surface area contributed by atoms with Gasteiger partial charge in [-0.05, 0) is 30.5 Å². The van der Waals surface area contributed by atoms with E-state index in [1.54, 1.807) is 12.1 Å². The Balaban J connectivity index is 2.52. The van der Waals surface area contributed by atoms with Crippen molar-refractivity contribution in [2.45, 2.75) is 30.7 Å². The molecule has 1 aromatic rings. The number of hydrogen-bond donors (Lipinski definition) is 2. The summed E-state index contributed by atoms with van der Waals surface area (Å²) in [5, 5.41) is 8.68. The summed E-state index contributed by atoms with van der Waals surface area (Å²) in [5.41, 5.74) is 0.709. The van der Waals surface area contributed by atoms with Gasteiger partial charge < -0.3 is 5.32 Å². The van der Waals surface area contributed by atoms with Crippen LogP contribution in [0.3, 0.4) is 0 Å². The summed E-state index contributed by atoms with van der Waals surface area (Å²) >= 11 is 3.30. The molecule has 0 radical (unpaired) electrons. The molecule has 1 aromatic carbocycles. The number of hydrogen-bond acceptors (Lipinski definition) is 3. The van der Waals surface area contributed by atoms with Crippen LogP contribution < -0.4 is 10.5 Å². The number of unbranched alkanes of at least 4 members (excludes halogenated alkanes) is 1. The summed E-state index contributed by atoms with van der Waals surface area (Å²) in [4.78, 5) is 11.6. The minimum atomic E-state index is -3.70. The third kappa shape index (κ3) is 6.17. The lowest BCUT2D eigenvalue weighted by Gasteiger charge is -2.06. The van der Waals surface area contributed by atoms with Crippen LogP contribution in [-0.2, 0) is 21.4 Å². The van der Waals surface area contributed by atoms with Crippen LogP contribution in [0.15, 0.2) is 29.2 Å². The molecule has 0 spiro atoms. The standard InChI is InChI=1S/C12H17BrN2O3S/c13-7-2-1-6-12(16)15-9-10-4-3-5-11(8-10)19(14,17)18/h3-5,8H,1-2,6-7,9H2,(H,15,16)(H2,14,17,18). The maximum absolute atomic E-state index is 11.5. The second-order valence-electron chi connectivity index (χ2n) is 4.12. The number of alkyl halides is 1. The van der Waals surface area contributed by atoms with Gasteiger partial charge in [-0.25, -0.2) is 13.6 Å². The third-order valence-corrected chi connectivity index (χ3v) is 3.98. The third-order valence-electron chi connectivity index (χ3n) is 2.50. The zero-order valence-electron chi connectivity index (χ0n) is 10.4. The highest BCUT2D eigenvalue weighted by Crippen LogP contribution is 2.09. The molecule has 0 aliphatic carbocycles. The summed E-state index contributed by atoms with van der Waals surface area (Å²) < 4.78 is 22.4. The molecular formula is C12H17BrN2O3S. The Morgan fingerprint density at radius 1 is 1.32 bits per heavy atom. The van der Waals surface area contributed by atoms with E-state index in [0.29, 0.717) is 18.5 Å². The van der Waals surface area contributed by atoms with Crippen molar-refractivity contribution in [3.8, 4) is 0 Å². The van der Waals surface area contributed by atoms with Gasteiger partial charge in [0, 0.05) is 18.3 Å². The van der Waals surface area contributed by atoms with Crippen molar-refractivity contribution in [3.05, 3.63) is 29.8 Å². The van der Waals surface area contributed by atoms with E-state index in [9.17, 15) is 13.2 Å². The van der Waals surface area contributed by atoms with Gasteiger partial charge in [0.15, 0.2) is 0 Å². The molecule has 5 nitrogen and oxygen atoms in total. The summed E-state index contributed by atoms with van der Waals surface area (Å²) in [7, 11) is -3.70. The first-order valence-corrected chi connectivity index (χ1v) is 8.54. The monoisotopic (exact) mass is 348 g/mol. The smallest absolute Gasteiger partial charge is 0.238 e. The van der Waals surface area contributed by atoms with Gasteiger partial charge in [0.1, 0.15) is 0 Å². The number of carbonyl (C=O) groups excluding carboxylic acids is 1. The van der Waals surface area contributed by atoms with Crippen molar-refractivity contribution in [2.24, 2.45) is 5.14 Å². The first-order chi connectivity index (χ1) is 8.93. The first kappa shape index (κ1) is 16.1. The highest BCUT2D eigenvalue weighted by atomic mass is 79.9. The Hall–Kier alpha value is -0.920. The highest BCUT2D eigenvalue weighted by Gasteiger charge is 2.08. The predicted octanol–water partition coefficient (Wildman–Crippen LogP) is 1.52. The van der Waals surface area contributed by atoms with Gasteiger partial charge in [-0.1, -0.05) is 28.1 Å². The van der Waals surface area contributed by atoms with E-state index in [4.69, 9.17) is 5.14 Å². The first-order valence-electron chi connectivity index (χ1n) is 5.88. The summed E-state index contributed by atoms with van der Waals surface area (Å²) in [6.07, 6.45) is 2.25. The van der Waals surface area contributed by atoms with Gasteiger partial charge >= 0.3 is 0 Å². The second-order valence-corrected chi connectivity index (χ2v) is 6.47. The van der Waals surface area contributed by atoms with Gasteiger partial charge in [-0.15, -0.1) is 0 Å². The largest absolute Gasteiger partial charge is 0.352 e. The number of amides is 1. The number of nitrogens with one attached hydrogen (secondary N) is 1.